The third kappa shape index (κ3) is 0.767. The zero-order chi connectivity index (χ0) is 8.77. The van der Waals surface area contributed by atoms with Crippen molar-refractivity contribution in [2.75, 3.05) is 13.2 Å². The Morgan fingerprint density at radius 1 is 1.42 bits per heavy atom. The first-order chi connectivity index (χ1) is 5.70. The summed E-state index contributed by atoms with van der Waals surface area (Å²) in [6.07, 6.45) is 3.11. The maximum Gasteiger partial charge on any atom is 0.184 e. The molecule has 0 bridgehead atoms. The second-order valence-electron chi connectivity index (χ2n) is 3.09. The molecule has 4 nitrogen and oxygen atoms in total. The largest absolute Gasteiger partial charge is 0.388 e. The average molecular weight is 170 g/mol. The summed E-state index contributed by atoms with van der Waals surface area (Å²) in [4.78, 5) is 0. The minimum atomic E-state index is -1.11. The zero-order valence-corrected chi connectivity index (χ0v) is 6.43. The molecule has 0 amide bonds. The SMILES string of the molecule is C#C[C@]12OC[C@@H](O)[C@H]1OC[C@H]2O. The van der Waals surface area contributed by atoms with Gasteiger partial charge in [0.25, 0.3) is 0 Å². The highest BCUT2D eigenvalue weighted by Crippen LogP contribution is 2.36. The van der Waals surface area contributed by atoms with Crippen molar-refractivity contribution in [2.24, 2.45) is 0 Å². The molecule has 0 aromatic heterocycles. The van der Waals surface area contributed by atoms with E-state index in [0.717, 1.165) is 0 Å². The maximum atomic E-state index is 9.46. The van der Waals surface area contributed by atoms with E-state index >= 15 is 0 Å². The molecule has 0 radical (unpaired) electrons. The molecule has 0 unspecified atom stereocenters. The van der Waals surface area contributed by atoms with Crippen LogP contribution in [0.3, 0.4) is 0 Å². The van der Waals surface area contributed by atoms with E-state index in [9.17, 15) is 10.2 Å². The van der Waals surface area contributed by atoms with E-state index < -0.39 is 23.9 Å². The highest BCUT2D eigenvalue weighted by atomic mass is 16.6. The van der Waals surface area contributed by atoms with Crippen molar-refractivity contribution in [1.82, 2.24) is 0 Å². The number of ether oxygens (including phenoxy) is 2. The molecule has 0 aliphatic carbocycles. The van der Waals surface area contributed by atoms with Crippen molar-refractivity contribution in [3.8, 4) is 12.3 Å². The molecule has 4 heteroatoms. The number of aliphatic hydroxyl groups excluding tert-OH is 2. The second kappa shape index (κ2) is 2.44. The van der Waals surface area contributed by atoms with Gasteiger partial charge in [-0.1, -0.05) is 5.92 Å². The van der Waals surface area contributed by atoms with E-state index in [4.69, 9.17) is 15.9 Å². The summed E-state index contributed by atoms with van der Waals surface area (Å²) in [5.74, 6) is 2.36. The number of rotatable bonds is 0. The first kappa shape index (κ1) is 8.02. The molecule has 0 aromatic carbocycles. The molecule has 2 aliphatic heterocycles. The Bertz CT molecular complexity index is 234. The van der Waals surface area contributed by atoms with E-state index in [2.05, 4.69) is 5.92 Å². The summed E-state index contributed by atoms with van der Waals surface area (Å²) in [7, 11) is 0. The second-order valence-corrected chi connectivity index (χ2v) is 3.09. The lowest BCUT2D eigenvalue weighted by Crippen LogP contribution is -2.45. The van der Waals surface area contributed by atoms with Gasteiger partial charge in [0.15, 0.2) is 5.60 Å². The molecule has 4 atom stereocenters. The Morgan fingerprint density at radius 2 is 2.17 bits per heavy atom. The summed E-state index contributed by atoms with van der Waals surface area (Å²) in [6.45, 7) is 0.262. The van der Waals surface area contributed by atoms with Crippen LogP contribution >= 0.6 is 0 Å². The highest BCUT2D eigenvalue weighted by Gasteiger charge is 2.58. The number of fused-ring (bicyclic) bond motifs is 1. The molecule has 0 saturated carbocycles. The van der Waals surface area contributed by atoms with Gasteiger partial charge >= 0.3 is 0 Å². The van der Waals surface area contributed by atoms with Crippen LogP contribution in [-0.4, -0.2) is 47.3 Å². The topological polar surface area (TPSA) is 58.9 Å². The van der Waals surface area contributed by atoms with E-state index in [1.54, 1.807) is 0 Å². The third-order valence-electron chi connectivity index (χ3n) is 2.42. The molecular formula is C8H10O4. The molecule has 2 heterocycles. The number of terminal acetylenes is 1. The Kier molecular flexibility index (Phi) is 1.63. The Balaban J connectivity index is 2.32. The minimum Gasteiger partial charge on any atom is -0.388 e. The standard InChI is InChI=1S/C8H10O4/c1-2-8-6(10)4-11-7(8)5(9)3-12-8/h1,5-7,9-10H,3-4H2/t5-,6-,7-,8-/m1/s1. The molecule has 2 aliphatic rings. The van der Waals surface area contributed by atoms with Crippen molar-refractivity contribution in [1.29, 1.82) is 0 Å². The lowest BCUT2D eigenvalue weighted by Gasteiger charge is -2.23. The van der Waals surface area contributed by atoms with Crippen LogP contribution in [0.25, 0.3) is 0 Å². The molecule has 2 rings (SSSR count). The van der Waals surface area contributed by atoms with Gasteiger partial charge in [0.2, 0.25) is 0 Å². The van der Waals surface area contributed by atoms with Crippen molar-refractivity contribution >= 4 is 0 Å². The smallest absolute Gasteiger partial charge is 0.184 e. The van der Waals surface area contributed by atoms with Crippen LogP contribution in [0, 0.1) is 12.3 Å². The predicted molar refractivity (Wildman–Crippen MR) is 39.3 cm³/mol. The summed E-state index contributed by atoms with van der Waals surface area (Å²) < 4.78 is 10.3. The van der Waals surface area contributed by atoms with Crippen LogP contribution in [0.2, 0.25) is 0 Å². The summed E-state index contributed by atoms with van der Waals surface area (Å²) in [5, 5.41) is 18.8. The lowest BCUT2D eigenvalue weighted by molar-refractivity contribution is -0.0328. The Hall–Kier alpha value is -0.600. The third-order valence-corrected chi connectivity index (χ3v) is 2.42. The highest BCUT2D eigenvalue weighted by molar-refractivity contribution is 5.23. The van der Waals surface area contributed by atoms with Crippen LogP contribution in [-0.2, 0) is 9.47 Å². The molecule has 0 aromatic rings. The fraction of sp³-hybridized carbons (Fsp3) is 0.750. The van der Waals surface area contributed by atoms with Crippen LogP contribution in [0.5, 0.6) is 0 Å². The van der Waals surface area contributed by atoms with Gasteiger partial charge in [-0.3, -0.25) is 0 Å². The van der Waals surface area contributed by atoms with E-state index in [1.807, 2.05) is 0 Å². The molecular weight excluding hydrogens is 160 g/mol. The number of hydrogen-bond donors (Lipinski definition) is 2. The monoisotopic (exact) mass is 170 g/mol. The van der Waals surface area contributed by atoms with Crippen LogP contribution in [0.4, 0.5) is 0 Å². The Morgan fingerprint density at radius 3 is 2.75 bits per heavy atom. The molecule has 66 valence electrons. The fourth-order valence-electron chi connectivity index (χ4n) is 1.74. The first-order valence-corrected chi connectivity index (χ1v) is 3.80. The van der Waals surface area contributed by atoms with E-state index in [1.165, 1.54) is 0 Å². The first-order valence-electron chi connectivity index (χ1n) is 3.80. The molecule has 2 fully saturated rings. The predicted octanol–water partition coefficient (Wildman–Crippen LogP) is -1.49. The molecule has 0 spiro atoms. The Labute approximate surface area is 70.1 Å². The van der Waals surface area contributed by atoms with Crippen molar-refractivity contribution in [3.05, 3.63) is 0 Å². The zero-order valence-electron chi connectivity index (χ0n) is 6.43. The van der Waals surface area contributed by atoms with Crippen molar-refractivity contribution in [2.45, 2.75) is 23.9 Å². The summed E-state index contributed by atoms with van der Waals surface area (Å²) in [5.41, 5.74) is -1.11. The van der Waals surface area contributed by atoms with Gasteiger partial charge in [-0.2, -0.15) is 0 Å². The maximum absolute atomic E-state index is 9.46. The lowest BCUT2D eigenvalue weighted by atomic mass is 9.93. The van der Waals surface area contributed by atoms with Gasteiger partial charge in [-0.25, -0.2) is 0 Å². The molecule has 2 N–H and O–H groups in total. The summed E-state index contributed by atoms with van der Waals surface area (Å²) in [6, 6.07) is 0. The van der Waals surface area contributed by atoms with E-state index in [-0.39, 0.29) is 13.2 Å². The van der Waals surface area contributed by atoms with Gasteiger partial charge in [0.05, 0.1) is 13.2 Å². The normalized spacial score (nSPS) is 51.9. The van der Waals surface area contributed by atoms with E-state index in [0.29, 0.717) is 0 Å². The molecule has 12 heavy (non-hydrogen) atoms. The van der Waals surface area contributed by atoms with Crippen LogP contribution < -0.4 is 0 Å². The van der Waals surface area contributed by atoms with Gasteiger partial charge in [0, 0.05) is 0 Å². The quantitative estimate of drug-likeness (QED) is 0.435. The number of aliphatic hydroxyl groups is 2. The van der Waals surface area contributed by atoms with Crippen molar-refractivity contribution < 1.29 is 19.7 Å². The van der Waals surface area contributed by atoms with Crippen LogP contribution in [0.1, 0.15) is 0 Å². The van der Waals surface area contributed by atoms with Gasteiger partial charge < -0.3 is 19.7 Å². The summed E-state index contributed by atoms with van der Waals surface area (Å²) >= 11 is 0. The van der Waals surface area contributed by atoms with Crippen molar-refractivity contribution in [3.63, 3.8) is 0 Å². The minimum absolute atomic E-state index is 0.131. The number of hydrogen-bond acceptors (Lipinski definition) is 4. The van der Waals surface area contributed by atoms with Crippen LogP contribution in [0.15, 0.2) is 0 Å². The van der Waals surface area contributed by atoms with Gasteiger partial charge in [0.1, 0.15) is 18.3 Å². The average Bonchev–Trinajstić information content (AvgIpc) is 2.55. The molecule has 2 saturated heterocycles. The fourth-order valence-corrected chi connectivity index (χ4v) is 1.74. The van der Waals surface area contributed by atoms with Gasteiger partial charge in [-0.15, -0.1) is 6.42 Å². The van der Waals surface area contributed by atoms with Gasteiger partial charge in [-0.05, 0) is 0 Å².